The maximum Gasteiger partial charge on any atom is 0.420 e. The molecule has 2 N–H and O–H groups in total. The van der Waals surface area contributed by atoms with Gasteiger partial charge in [0.05, 0.1) is 6.10 Å². The number of amides is 1. The van der Waals surface area contributed by atoms with Crippen LogP contribution in [0.1, 0.15) is 28.9 Å². The highest BCUT2D eigenvalue weighted by molar-refractivity contribution is 5.94. The van der Waals surface area contributed by atoms with E-state index in [2.05, 4.69) is 4.98 Å². The molecule has 92 valence electrons. The SMILES string of the molecule is NC(=O)c1nccc(C(F)(F)F)c1OC1CC1. The molecule has 2 rings (SSSR count). The predicted octanol–water partition coefficient (Wildman–Crippen LogP) is 1.74. The molecule has 1 fully saturated rings. The third-order valence-corrected chi connectivity index (χ3v) is 2.25. The lowest BCUT2D eigenvalue weighted by Gasteiger charge is -2.15. The normalized spacial score (nSPS) is 15.7. The molecule has 1 aliphatic rings. The zero-order chi connectivity index (χ0) is 12.6. The number of hydrogen-bond donors (Lipinski definition) is 1. The van der Waals surface area contributed by atoms with E-state index in [1.54, 1.807) is 0 Å². The number of nitrogens with two attached hydrogens (primary N) is 1. The highest BCUT2D eigenvalue weighted by atomic mass is 19.4. The van der Waals surface area contributed by atoms with Crippen LogP contribution in [-0.2, 0) is 6.18 Å². The molecule has 1 heterocycles. The first kappa shape index (κ1) is 11.7. The molecular weight excluding hydrogens is 237 g/mol. The molecule has 17 heavy (non-hydrogen) atoms. The van der Waals surface area contributed by atoms with Gasteiger partial charge < -0.3 is 10.5 Å². The Kier molecular flexibility index (Phi) is 2.68. The van der Waals surface area contributed by atoms with Crippen LogP contribution in [0.25, 0.3) is 0 Å². The molecule has 0 radical (unpaired) electrons. The molecule has 1 aromatic heterocycles. The lowest BCUT2D eigenvalue weighted by molar-refractivity contribution is -0.139. The summed E-state index contributed by atoms with van der Waals surface area (Å²) in [6, 6.07) is 0.768. The lowest BCUT2D eigenvalue weighted by atomic mass is 10.2. The van der Waals surface area contributed by atoms with Crippen molar-refractivity contribution in [3.8, 4) is 5.75 Å². The standard InChI is InChI=1S/C10H9F3N2O2/c11-10(12,13)6-3-4-15-7(9(14)16)8(6)17-5-1-2-5/h3-5H,1-2H2,(H2,14,16). The molecule has 0 atom stereocenters. The monoisotopic (exact) mass is 246 g/mol. The van der Waals surface area contributed by atoms with Gasteiger partial charge in [-0.25, -0.2) is 4.98 Å². The Morgan fingerprint density at radius 3 is 2.59 bits per heavy atom. The third-order valence-electron chi connectivity index (χ3n) is 2.25. The Labute approximate surface area is 94.6 Å². The maximum atomic E-state index is 12.7. The Morgan fingerprint density at radius 2 is 2.12 bits per heavy atom. The fraction of sp³-hybridized carbons (Fsp3) is 0.400. The molecule has 0 aliphatic heterocycles. The number of carbonyl (C=O) groups excluding carboxylic acids is 1. The van der Waals surface area contributed by atoms with Crippen LogP contribution >= 0.6 is 0 Å². The summed E-state index contributed by atoms with van der Waals surface area (Å²) in [6.07, 6.45) is -2.65. The molecule has 0 unspecified atom stereocenters. The van der Waals surface area contributed by atoms with Crippen LogP contribution in [0, 0.1) is 0 Å². The van der Waals surface area contributed by atoms with Gasteiger partial charge in [0.15, 0.2) is 11.4 Å². The first-order chi connectivity index (χ1) is 7.89. The molecular formula is C10H9F3N2O2. The smallest absolute Gasteiger partial charge is 0.420 e. The number of nitrogens with zero attached hydrogens (tertiary/aromatic N) is 1. The second-order valence-electron chi connectivity index (χ2n) is 3.72. The van der Waals surface area contributed by atoms with Crippen molar-refractivity contribution in [2.45, 2.75) is 25.1 Å². The highest BCUT2D eigenvalue weighted by Gasteiger charge is 2.38. The van der Waals surface area contributed by atoms with Gasteiger partial charge in [-0.3, -0.25) is 4.79 Å². The van der Waals surface area contributed by atoms with Crippen LogP contribution in [-0.4, -0.2) is 17.0 Å². The first-order valence-corrected chi connectivity index (χ1v) is 4.92. The van der Waals surface area contributed by atoms with Gasteiger partial charge in [0.2, 0.25) is 0 Å². The second kappa shape index (κ2) is 3.90. The van der Waals surface area contributed by atoms with E-state index < -0.39 is 29.1 Å². The van der Waals surface area contributed by atoms with Gasteiger partial charge in [0.25, 0.3) is 5.91 Å². The molecule has 1 aliphatic carbocycles. The summed E-state index contributed by atoms with van der Waals surface area (Å²) in [7, 11) is 0. The summed E-state index contributed by atoms with van der Waals surface area (Å²) in [5.74, 6) is -1.60. The van der Waals surface area contributed by atoms with Gasteiger partial charge in [0.1, 0.15) is 5.56 Å². The molecule has 0 aromatic carbocycles. The van der Waals surface area contributed by atoms with E-state index >= 15 is 0 Å². The number of hydrogen-bond acceptors (Lipinski definition) is 3. The fourth-order valence-electron chi connectivity index (χ4n) is 1.32. The van der Waals surface area contributed by atoms with E-state index in [0.29, 0.717) is 12.8 Å². The van der Waals surface area contributed by atoms with Crippen molar-refractivity contribution in [3.05, 3.63) is 23.5 Å². The van der Waals surface area contributed by atoms with Gasteiger partial charge in [0, 0.05) is 6.20 Å². The average Bonchev–Trinajstić information content (AvgIpc) is 3.00. The molecule has 1 saturated carbocycles. The molecule has 4 nitrogen and oxygen atoms in total. The molecule has 1 aromatic rings. The molecule has 1 amide bonds. The van der Waals surface area contributed by atoms with Crippen molar-refractivity contribution >= 4 is 5.91 Å². The second-order valence-corrected chi connectivity index (χ2v) is 3.72. The maximum absolute atomic E-state index is 12.7. The number of aromatic nitrogens is 1. The molecule has 0 bridgehead atoms. The number of pyridine rings is 1. The minimum atomic E-state index is -4.60. The van der Waals surface area contributed by atoms with E-state index in [-0.39, 0.29) is 6.10 Å². The zero-order valence-electron chi connectivity index (χ0n) is 8.62. The Balaban J connectivity index is 2.49. The number of alkyl halides is 3. The largest absolute Gasteiger partial charge is 0.487 e. The highest BCUT2D eigenvalue weighted by Crippen LogP contribution is 2.39. The topological polar surface area (TPSA) is 65.2 Å². The quantitative estimate of drug-likeness (QED) is 0.883. The number of rotatable bonds is 3. The van der Waals surface area contributed by atoms with Gasteiger partial charge >= 0.3 is 6.18 Å². The van der Waals surface area contributed by atoms with Crippen LogP contribution in [0.5, 0.6) is 5.75 Å². The van der Waals surface area contributed by atoms with Gasteiger partial charge in [-0.15, -0.1) is 0 Å². The van der Waals surface area contributed by atoms with Crippen molar-refractivity contribution in [3.63, 3.8) is 0 Å². The number of halogens is 3. The minimum absolute atomic E-state index is 0.279. The van der Waals surface area contributed by atoms with Gasteiger partial charge in [-0.05, 0) is 18.9 Å². The van der Waals surface area contributed by atoms with Crippen molar-refractivity contribution in [1.29, 1.82) is 0 Å². The summed E-state index contributed by atoms with van der Waals surface area (Å²) < 4.78 is 43.2. The van der Waals surface area contributed by atoms with Crippen molar-refractivity contribution in [1.82, 2.24) is 4.98 Å². The summed E-state index contributed by atoms with van der Waals surface area (Å²) in [4.78, 5) is 14.5. The number of primary amides is 1. The Bertz CT molecular complexity index is 455. The van der Waals surface area contributed by atoms with Gasteiger partial charge in [-0.2, -0.15) is 13.2 Å². The van der Waals surface area contributed by atoms with E-state index in [1.165, 1.54) is 0 Å². The summed E-state index contributed by atoms with van der Waals surface area (Å²) in [6.45, 7) is 0. The fourth-order valence-corrected chi connectivity index (χ4v) is 1.32. The van der Waals surface area contributed by atoms with Crippen LogP contribution in [0.4, 0.5) is 13.2 Å². The van der Waals surface area contributed by atoms with Crippen LogP contribution in [0.2, 0.25) is 0 Å². The minimum Gasteiger partial charge on any atom is -0.487 e. The summed E-state index contributed by atoms with van der Waals surface area (Å²) in [5, 5.41) is 0. The number of carbonyl (C=O) groups is 1. The summed E-state index contributed by atoms with van der Waals surface area (Å²) in [5.41, 5.74) is 3.47. The predicted molar refractivity (Wildman–Crippen MR) is 51.4 cm³/mol. The third kappa shape index (κ3) is 2.48. The van der Waals surface area contributed by atoms with E-state index in [1.807, 2.05) is 0 Å². The molecule has 0 saturated heterocycles. The zero-order valence-corrected chi connectivity index (χ0v) is 8.62. The van der Waals surface area contributed by atoms with Crippen molar-refractivity contribution < 1.29 is 22.7 Å². The molecule has 0 spiro atoms. The summed E-state index contributed by atoms with van der Waals surface area (Å²) >= 11 is 0. The van der Waals surface area contributed by atoms with Crippen LogP contribution in [0.3, 0.4) is 0 Å². The van der Waals surface area contributed by atoms with Crippen molar-refractivity contribution in [2.24, 2.45) is 5.73 Å². The van der Waals surface area contributed by atoms with Crippen molar-refractivity contribution in [2.75, 3.05) is 0 Å². The average molecular weight is 246 g/mol. The van der Waals surface area contributed by atoms with E-state index in [9.17, 15) is 18.0 Å². The van der Waals surface area contributed by atoms with E-state index in [4.69, 9.17) is 10.5 Å². The first-order valence-electron chi connectivity index (χ1n) is 4.92. The molecule has 7 heteroatoms. The van der Waals surface area contributed by atoms with Crippen LogP contribution < -0.4 is 10.5 Å². The number of ether oxygens (including phenoxy) is 1. The van der Waals surface area contributed by atoms with E-state index in [0.717, 1.165) is 12.3 Å². The Morgan fingerprint density at radius 1 is 1.47 bits per heavy atom. The van der Waals surface area contributed by atoms with Gasteiger partial charge in [-0.1, -0.05) is 0 Å². The van der Waals surface area contributed by atoms with Crippen LogP contribution in [0.15, 0.2) is 12.3 Å². The Hall–Kier alpha value is -1.79. The lowest BCUT2D eigenvalue weighted by Crippen LogP contribution is -2.19.